The van der Waals surface area contributed by atoms with Gasteiger partial charge in [-0.25, -0.2) is 4.79 Å². The van der Waals surface area contributed by atoms with E-state index in [9.17, 15) is 4.79 Å². The Hall–Kier alpha value is -2.05. The van der Waals surface area contributed by atoms with E-state index in [2.05, 4.69) is 32.4 Å². The van der Waals surface area contributed by atoms with Crippen LogP contribution in [0.1, 0.15) is 25.3 Å². The number of nitrogens with zero attached hydrogens (tertiary/aromatic N) is 1. The van der Waals surface area contributed by atoms with Crippen molar-refractivity contribution in [2.45, 2.75) is 26.3 Å². The summed E-state index contributed by atoms with van der Waals surface area (Å²) in [5.74, 6) is 1.37. The predicted octanol–water partition coefficient (Wildman–Crippen LogP) is 4.18. The van der Waals surface area contributed by atoms with E-state index in [0.29, 0.717) is 12.5 Å². The summed E-state index contributed by atoms with van der Waals surface area (Å²) in [6.07, 6.45) is 2.26. The minimum atomic E-state index is -0.144. The largest absolute Gasteiger partial charge is 0.494 e. The molecule has 0 unspecified atom stereocenters. The number of likely N-dealkylation sites (tertiary alicyclic amines) is 1. The first-order valence-corrected chi connectivity index (χ1v) is 10.2. The molecule has 1 aliphatic rings. The molecular weight excluding hydrogens is 346 g/mol. The number of nitrogens with one attached hydrogen (secondary N) is 2. The number of piperidine rings is 1. The fourth-order valence-electron chi connectivity index (χ4n) is 3.20. The Morgan fingerprint density at radius 3 is 2.65 bits per heavy atom. The number of carbonyl (C=O) groups is 1. The van der Waals surface area contributed by atoms with Gasteiger partial charge in [-0.15, -0.1) is 0 Å². The number of urea groups is 1. The quantitative estimate of drug-likeness (QED) is 0.765. The van der Waals surface area contributed by atoms with Crippen LogP contribution in [0.25, 0.3) is 0 Å². The molecule has 6 heteroatoms. The second kappa shape index (κ2) is 9.59. The van der Waals surface area contributed by atoms with Crippen molar-refractivity contribution in [2.75, 3.05) is 31.6 Å². The number of hydrogen-bond acceptors (Lipinski definition) is 4. The highest BCUT2D eigenvalue weighted by Gasteiger charge is 2.19. The van der Waals surface area contributed by atoms with Gasteiger partial charge < -0.3 is 15.4 Å². The van der Waals surface area contributed by atoms with Crippen LogP contribution in [0.5, 0.6) is 5.75 Å². The number of rotatable bonds is 7. The molecule has 1 aromatic heterocycles. The summed E-state index contributed by atoms with van der Waals surface area (Å²) in [6.45, 7) is 6.56. The van der Waals surface area contributed by atoms with Crippen molar-refractivity contribution in [1.29, 1.82) is 0 Å². The van der Waals surface area contributed by atoms with E-state index < -0.39 is 0 Å². The Morgan fingerprint density at radius 2 is 2.00 bits per heavy atom. The fourth-order valence-corrected chi connectivity index (χ4v) is 3.86. The maximum absolute atomic E-state index is 12.1. The van der Waals surface area contributed by atoms with Gasteiger partial charge in [0.15, 0.2) is 0 Å². The highest BCUT2D eigenvalue weighted by atomic mass is 32.1. The van der Waals surface area contributed by atoms with E-state index in [1.807, 2.05) is 31.2 Å². The molecule has 2 heterocycles. The summed E-state index contributed by atoms with van der Waals surface area (Å²) in [4.78, 5) is 14.6. The normalized spacial score (nSPS) is 15.6. The molecular formula is C20H27N3O2S. The fraction of sp³-hybridized carbons (Fsp3) is 0.450. The smallest absolute Gasteiger partial charge is 0.319 e. The Bertz CT molecular complexity index is 665. The minimum Gasteiger partial charge on any atom is -0.494 e. The van der Waals surface area contributed by atoms with Gasteiger partial charge >= 0.3 is 6.03 Å². The molecule has 0 spiro atoms. The van der Waals surface area contributed by atoms with Gasteiger partial charge in [-0.05, 0) is 85.4 Å². The molecule has 1 saturated heterocycles. The lowest BCUT2D eigenvalue weighted by Gasteiger charge is -2.31. The maximum atomic E-state index is 12.1. The number of ether oxygens (including phenoxy) is 1. The zero-order chi connectivity index (χ0) is 18.2. The van der Waals surface area contributed by atoms with Crippen LogP contribution < -0.4 is 15.4 Å². The molecule has 2 aromatic rings. The van der Waals surface area contributed by atoms with Crippen LogP contribution in [0.4, 0.5) is 10.5 Å². The Morgan fingerprint density at radius 1 is 1.23 bits per heavy atom. The number of benzene rings is 1. The van der Waals surface area contributed by atoms with Crippen LogP contribution in [-0.2, 0) is 6.54 Å². The molecule has 1 fully saturated rings. The average Bonchev–Trinajstić information content (AvgIpc) is 3.16. The van der Waals surface area contributed by atoms with E-state index in [0.717, 1.165) is 50.5 Å². The van der Waals surface area contributed by atoms with Crippen molar-refractivity contribution in [3.63, 3.8) is 0 Å². The zero-order valence-corrected chi connectivity index (χ0v) is 16.1. The van der Waals surface area contributed by atoms with Crippen molar-refractivity contribution in [1.82, 2.24) is 10.2 Å². The lowest BCUT2D eigenvalue weighted by molar-refractivity contribution is 0.176. The molecule has 0 saturated carbocycles. The molecule has 140 valence electrons. The van der Waals surface area contributed by atoms with E-state index in [1.54, 1.807) is 11.3 Å². The Balaban J connectivity index is 1.34. The van der Waals surface area contributed by atoms with Crippen LogP contribution in [0.15, 0.2) is 41.1 Å². The summed E-state index contributed by atoms with van der Waals surface area (Å²) in [7, 11) is 0. The van der Waals surface area contributed by atoms with Gasteiger partial charge in [-0.2, -0.15) is 11.3 Å². The molecule has 5 nitrogen and oxygen atoms in total. The number of carbonyl (C=O) groups excluding carboxylic acids is 1. The van der Waals surface area contributed by atoms with Gasteiger partial charge in [0.1, 0.15) is 5.75 Å². The van der Waals surface area contributed by atoms with Gasteiger partial charge in [-0.3, -0.25) is 4.90 Å². The monoisotopic (exact) mass is 373 g/mol. The van der Waals surface area contributed by atoms with Gasteiger partial charge in [0, 0.05) is 18.8 Å². The first-order valence-electron chi connectivity index (χ1n) is 9.24. The van der Waals surface area contributed by atoms with Gasteiger partial charge in [-0.1, -0.05) is 0 Å². The van der Waals surface area contributed by atoms with Gasteiger partial charge in [0.25, 0.3) is 0 Å². The molecule has 0 radical (unpaired) electrons. The second-order valence-corrected chi connectivity index (χ2v) is 7.42. The number of amides is 2. The molecule has 0 bridgehead atoms. The Kier molecular flexibility index (Phi) is 6.91. The number of thiophene rings is 1. The minimum absolute atomic E-state index is 0.144. The number of hydrogen-bond donors (Lipinski definition) is 2. The predicted molar refractivity (Wildman–Crippen MR) is 107 cm³/mol. The van der Waals surface area contributed by atoms with Crippen molar-refractivity contribution >= 4 is 23.1 Å². The third-order valence-electron chi connectivity index (χ3n) is 4.67. The van der Waals surface area contributed by atoms with Crippen LogP contribution >= 0.6 is 11.3 Å². The molecule has 1 aliphatic heterocycles. The summed E-state index contributed by atoms with van der Waals surface area (Å²) < 4.78 is 5.40. The maximum Gasteiger partial charge on any atom is 0.319 e. The van der Waals surface area contributed by atoms with Gasteiger partial charge in [0.05, 0.1) is 6.61 Å². The topological polar surface area (TPSA) is 53.6 Å². The summed E-state index contributed by atoms with van der Waals surface area (Å²) in [5, 5.41) is 10.2. The molecule has 3 rings (SSSR count). The molecule has 0 atom stereocenters. The lowest BCUT2D eigenvalue weighted by Crippen LogP contribution is -2.39. The van der Waals surface area contributed by atoms with Gasteiger partial charge in [0.2, 0.25) is 0 Å². The first kappa shape index (κ1) is 18.7. The lowest BCUT2D eigenvalue weighted by atomic mass is 9.96. The van der Waals surface area contributed by atoms with Crippen molar-refractivity contribution < 1.29 is 9.53 Å². The molecule has 0 aliphatic carbocycles. The highest BCUT2D eigenvalue weighted by molar-refractivity contribution is 7.07. The molecule has 2 amide bonds. The summed E-state index contributed by atoms with van der Waals surface area (Å²) in [6, 6.07) is 9.49. The van der Waals surface area contributed by atoms with E-state index >= 15 is 0 Å². The molecule has 1 aromatic carbocycles. The van der Waals surface area contributed by atoms with Crippen LogP contribution in [0, 0.1) is 5.92 Å². The summed E-state index contributed by atoms with van der Waals surface area (Å²) >= 11 is 1.76. The van der Waals surface area contributed by atoms with E-state index in [-0.39, 0.29) is 6.03 Å². The third kappa shape index (κ3) is 5.75. The second-order valence-electron chi connectivity index (χ2n) is 6.64. The Labute approximate surface area is 159 Å². The number of anilines is 1. The SMILES string of the molecule is CCOc1ccc(NC(=O)NCC2CCN(Cc3ccsc3)CC2)cc1. The van der Waals surface area contributed by atoms with Crippen molar-refractivity contribution in [3.8, 4) is 5.75 Å². The average molecular weight is 374 g/mol. The van der Waals surface area contributed by atoms with E-state index in [1.165, 1.54) is 5.56 Å². The van der Waals surface area contributed by atoms with Crippen LogP contribution in [0.2, 0.25) is 0 Å². The van der Waals surface area contributed by atoms with Crippen molar-refractivity contribution in [2.24, 2.45) is 5.92 Å². The zero-order valence-electron chi connectivity index (χ0n) is 15.2. The van der Waals surface area contributed by atoms with Crippen LogP contribution in [0.3, 0.4) is 0 Å². The highest BCUT2D eigenvalue weighted by Crippen LogP contribution is 2.19. The summed E-state index contributed by atoms with van der Waals surface area (Å²) in [5.41, 5.74) is 2.18. The van der Waals surface area contributed by atoms with E-state index in [4.69, 9.17) is 4.74 Å². The van der Waals surface area contributed by atoms with Crippen LogP contribution in [-0.4, -0.2) is 37.2 Å². The third-order valence-corrected chi connectivity index (χ3v) is 5.40. The first-order chi connectivity index (χ1) is 12.7. The molecule has 26 heavy (non-hydrogen) atoms. The molecule has 2 N–H and O–H groups in total. The van der Waals surface area contributed by atoms with Crippen molar-refractivity contribution in [3.05, 3.63) is 46.7 Å². The standard InChI is InChI=1S/C20H27N3O2S/c1-2-25-19-5-3-18(4-6-19)22-20(24)21-13-16-7-10-23(11-8-16)14-17-9-12-26-15-17/h3-6,9,12,15-16H,2,7-8,10-11,13-14H2,1H3,(H2,21,22,24).